The maximum absolute atomic E-state index is 12.3. The first-order valence-electron chi connectivity index (χ1n) is 11.8. The number of nitrogens with one attached hydrogen (secondary N) is 2. The van der Waals surface area contributed by atoms with Crippen LogP contribution < -0.4 is 10.6 Å². The van der Waals surface area contributed by atoms with E-state index in [0.29, 0.717) is 17.7 Å². The molecule has 0 bridgehead atoms. The number of aromatic nitrogens is 4. The van der Waals surface area contributed by atoms with Crippen LogP contribution in [0.5, 0.6) is 0 Å². The van der Waals surface area contributed by atoms with Crippen LogP contribution in [0, 0.1) is 0 Å². The van der Waals surface area contributed by atoms with E-state index in [-0.39, 0.29) is 5.82 Å². The molecular weight excluding hydrogens is 507 g/mol. The Morgan fingerprint density at radius 3 is 2.68 bits per heavy atom. The van der Waals surface area contributed by atoms with Crippen molar-refractivity contribution in [3.63, 3.8) is 0 Å². The molecule has 0 saturated carbocycles. The van der Waals surface area contributed by atoms with Crippen LogP contribution in [0.3, 0.4) is 0 Å². The lowest BCUT2D eigenvalue weighted by Crippen LogP contribution is -2.31. The zero-order valence-electron chi connectivity index (χ0n) is 19.8. The largest absolute Gasteiger partial charge is 0.469 e. The molecule has 5 atom stereocenters. The lowest BCUT2D eigenvalue weighted by Gasteiger charge is -2.21. The number of anilines is 1. The first kappa shape index (κ1) is 25.7. The van der Waals surface area contributed by atoms with Gasteiger partial charge in [-0.3, -0.25) is 14.4 Å². The molecule has 2 aromatic heterocycles. The molecule has 5 rings (SSSR count). The van der Waals surface area contributed by atoms with E-state index >= 15 is 0 Å². The van der Waals surface area contributed by atoms with E-state index in [0.717, 1.165) is 18.4 Å². The molecule has 0 radical (unpaired) electrons. The summed E-state index contributed by atoms with van der Waals surface area (Å²) in [7, 11) is -4.74. The van der Waals surface area contributed by atoms with Gasteiger partial charge in [-0.25, -0.2) is 24.3 Å². The summed E-state index contributed by atoms with van der Waals surface area (Å²) in [6.45, 7) is 2.14. The van der Waals surface area contributed by atoms with Crippen LogP contribution in [0.2, 0.25) is 0 Å². The van der Waals surface area contributed by atoms with E-state index in [2.05, 4.69) is 25.6 Å². The molecule has 15 heteroatoms. The summed E-state index contributed by atoms with van der Waals surface area (Å²) < 4.78 is 36.1. The van der Waals surface area contributed by atoms with Crippen molar-refractivity contribution in [2.24, 2.45) is 0 Å². The number of unbranched alkanes of at least 4 members (excludes halogenated alkanes) is 1. The summed E-state index contributed by atoms with van der Waals surface area (Å²) in [4.78, 5) is 43.5. The average molecular weight is 534 g/mol. The lowest BCUT2D eigenvalue weighted by molar-refractivity contribution is -0.152. The lowest BCUT2D eigenvalue weighted by atomic mass is 10.1. The quantitative estimate of drug-likeness (QED) is 0.234. The van der Waals surface area contributed by atoms with Crippen LogP contribution >= 0.6 is 7.82 Å². The Bertz CT molecular complexity index is 1290. The molecule has 4 heterocycles. The number of nitrogens with zero attached hydrogens (tertiary/aromatic N) is 4. The van der Waals surface area contributed by atoms with Gasteiger partial charge in [0, 0.05) is 12.1 Å². The number of carbonyl (C=O) groups is 1. The molecular formula is C22H27N6O8P. The Morgan fingerprint density at radius 1 is 1.14 bits per heavy atom. The van der Waals surface area contributed by atoms with E-state index in [1.807, 2.05) is 37.3 Å². The minimum absolute atomic E-state index is 0.222. The van der Waals surface area contributed by atoms with E-state index in [9.17, 15) is 19.1 Å². The SMILES string of the molecule is CCCCNC(=O)Nc1ncnc2c1ncn2[C@@H]1O[C@H](COP(=O)(O)O)[C@@H]2OC(c3ccccc3)OC21. The van der Waals surface area contributed by atoms with Gasteiger partial charge in [-0.05, 0) is 6.42 Å². The monoisotopic (exact) mass is 534 g/mol. The maximum Gasteiger partial charge on any atom is 0.469 e. The molecule has 3 aromatic rings. The molecule has 2 amide bonds. The number of benzene rings is 1. The third kappa shape index (κ3) is 5.65. The molecule has 14 nitrogen and oxygen atoms in total. The first-order chi connectivity index (χ1) is 17.8. The fourth-order valence-electron chi connectivity index (χ4n) is 4.29. The second-order valence-electron chi connectivity index (χ2n) is 8.58. The van der Waals surface area contributed by atoms with E-state index in [1.54, 1.807) is 4.57 Å². The predicted octanol–water partition coefficient (Wildman–Crippen LogP) is 2.24. The van der Waals surface area contributed by atoms with Crippen LogP contribution in [-0.2, 0) is 23.3 Å². The highest BCUT2D eigenvalue weighted by atomic mass is 31.2. The Hall–Kier alpha value is -2.97. The van der Waals surface area contributed by atoms with Crippen molar-refractivity contribution in [1.29, 1.82) is 0 Å². The van der Waals surface area contributed by atoms with Gasteiger partial charge in [0.2, 0.25) is 0 Å². The van der Waals surface area contributed by atoms with Crippen molar-refractivity contribution in [3.8, 4) is 0 Å². The smallest absolute Gasteiger partial charge is 0.347 e. The molecule has 0 aliphatic carbocycles. The first-order valence-corrected chi connectivity index (χ1v) is 13.3. The van der Waals surface area contributed by atoms with Crippen molar-refractivity contribution < 1.29 is 37.9 Å². The predicted molar refractivity (Wildman–Crippen MR) is 128 cm³/mol. The molecule has 1 aromatic carbocycles. The number of fused-ring (bicyclic) bond motifs is 2. The standard InChI is InChI=1S/C22H27N6O8P/c1-2-3-9-23-22(29)27-18-15-19(25-11-24-18)28(12-26-15)20-17-16(14(34-20)10-33-37(30,31)32)35-21(36-17)13-7-5-4-6-8-13/h4-8,11-12,14,16-17,20-21H,2-3,9-10H2,1H3,(H2,30,31,32)(H2,23,24,25,27,29)/t14-,16+,17?,20-,21?/m1/s1. The van der Waals surface area contributed by atoms with Gasteiger partial charge in [0.05, 0.1) is 12.9 Å². The van der Waals surface area contributed by atoms with Gasteiger partial charge in [0.15, 0.2) is 29.5 Å². The number of hydrogen-bond acceptors (Lipinski definition) is 9. The van der Waals surface area contributed by atoms with Crippen molar-refractivity contribution in [1.82, 2.24) is 24.8 Å². The molecule has 198 valence electrons. The zero-order chi connectivity index (χ0) is 26.0. The van der Waals surface area contributed by atoms with Gasteiger partial charge in [-0.1, -0.05) is 43.7 Å². The van der Waals surface area contributed by atoms with Crippen LogP contribution in [0.4, 0.5) is 10.6 Å². The summed E-state index contributed by atoms with van der Waals surface area (Å²) in [6, 6.07) is 8.87. The maximum atomic E-state index is 12.3. The van der Waals surface area contributed by atoms with E-state index in [4.69, 9.17) is 18.7 Å². The Labute approximate surface area is 211 Å². The van der Waals surface area contributed by atoms with Crippen molar-refractivity contribution in [2.75, 3.05) is 18.5 Å². The summed E-state index contributed by atoms with van der Waals surface area (Å²) in [5.41, 5.74) is 1.48. The fourth-order valence-corrected chi connectivity index (χ4v) is 4.63. The zero-order valence-corrected chi connectivity index (χ0v) is 20.7. The number of amides is 2. The third-order valence-corrected chi connectivity index (χ3v) is 6.49. The van der Waals surface area contributed by atoms with Gasteiger partial charge < -0.3 is 29.3 Å². The number of imidazole rings is 1. The molecule has 37 heavy (non-hydrogen) atoms. The third-order valence-electron chi connectivity index (χ3n) is 6.01. The minimum Gasteiger partial charge on any atom is -0.347 e. The van der Waals surface area contributed by atoms with Gasteiger partial charge in [0.1, 0.15) is 24.6 Å². The highest BCUT2D eigenvalue weighted by molar-refractivity contribution is 7.46. The summed E-state index contributed by atoms with van der Waals surface area (Å²) in [6.07, 6.45) is 0.834. The Kier molecular flexibility index (Phi) is 7.49. The Morgan fingerprint density at radius 2 is 1.92 bits per heavy atom. The number of phosphoric ester groups is 1. The van der Waals surface area contributed by atoms with Crippen molar-refractivity contribution in [3.05, 3.63) is 48.5 Å². The molecule has 0 spiro atoms. The highest BCUT2D eigenvalue weighted by Gasteiger charge is 2.54. The molecule has 4 N–H and O–H groups in total. The number of rotatable bonds is 9. The number of urea groups is 1. The summed E-state index contributed by atoms with van der Waals surface area (Å²) in [5, 5.41) is 5.45. The van der Waals surface area contributed by atoms with Gasteiger partial charge in [0.25, 0.3) is 0 Å². The molecule has 2 fully saturated rings. The van der Waals surface area contributed by atoms with Crippen LogP contribution in [0.15, 0.2) is 43.0 Å². The fraction of sp³-hybridized carbons (Fsp3) is 0.455. The van der Waals surface area contributed by atoms with Crippen LogP contribution in [-0.4, -0.2) is 66.8 Å². The number of ether oxygens (including phenoxy) is 3. The van der Waals surface area contributed by atoms with Crippen molar-refractivity contribution >= 4 is 30.8 Å². The topological polar surface area (TPSA) is 179 Å². The van der Waals surface area contributed by atoms with Crippen molar-refractivity contribution in [2.45, 2.75) is 50.6 Å². The normalized spacial score (nSPS) is 25.3. The average Bonchev–Trinajstić information content (AvgIpc) is 3.57. The number of hydrogen-bond donors (Lipinski definition) is 4. The van der Waals surface area contributed by atoms with Crippen LogP contribution in [0.1, 0.15) is 37.8 Å². The summed E-state index contributed by atoms with van der Waals surface area (Å²) >= 11 is 0. The second-order valence-corrected chi connectivity index (χ2v) is 9.82. The van der Waals surface area contributed by atoms with E-state index < -0.39 is 51.3 Å². The second kappa shape index (κ2) is 10.8. The summed E-state index contributed by atoms with van der Waals surface area (Å²) in [5.74, 6) is 0.222. The molecule has 2 saturated heterocycles. The number of carbonyl (C=O) groups excluding carboxylic acids is 1. The molecule has 2 aliphatic heterocycles. The molecule has 2 unspecified atom stereocenters. The highest BCUT2D eigenvalue weighted by Crippen LogP contribution is 2.46. The minimum atomic E-state index is -4.74. The number of phosphoric acid groups is 1. The Balaban J connectivity index is 1.41. The van der Waals surface area contributed by atoms with Gasteiger partial charge in [-0.15, -0.1) is 0 Å². The molecule has 2 aliphatic rings. The van der Waals surface area contributed by atoms with Crippen LogP contribution in [0.25, 0.3) is 11.2 Å². The van der Waals surface area contributed by atoms with E-state index in [1.165, 1.54) is 12.7 Å². The van der Waals surface area contributed by atoms with Gasteiger partial charge >= 0.3 is 13.9 Å². The van der Waals surface area contributed by atoms with Gasteiger partial charge in [-0.2, -0.15) is 0 Å².